The summed E-state index contributed by atoms with van der Waals surface area (Å²) in [5.74, 6) is -0.432. The minimum Gasteiger partial charge on any atom is -0.366 e. The van der Waals surface area contributed by atoms with E-state index in [2.05, 4.69) is 0 Å². The summed E-state index contributed by atoms with van der Waals surface area (Å²) in [6.07, 6.45) is 0. The number of carbonyl (C=O) groups excluding carboxylic acids is 1. The molecule has 0 saturated heterocycles. The maximum Gasteiger partial charge on any atom is 0.248 e. The number of primary amides is 1. The highest BCUT2D eigenvalue weighted by Crippen LogP contribution is 2.20. The monoisotopic (exact) mass is 212 g/mol. The first-order chi connectivity index (χ1) is 7.59. The Balaban J connectivity index is 2.73. The van der Waals surface area contributed by atoms with Crippen LogP contribution in [0.1, 0.15) is 22.8 Å². The summed E-state index contributed by atoms with van der Waals surface area (Å²) < 4.78 is 0. The molecule has 16 heavy (non-hydrogen) atoms. The molecule has 0 aromatic heterocycles. The van der Waals surface area contributed by atoms with Crippen molar-refractivity contribution in [3.05, 3.63) is 47.5 Å². The van der Waals surface area contributed by atoms with Crippen molar-refractivity contribution in [1.82, 2.24) is 0 Å². The molecule has 3 heteroatoms. The molecular formula is C13H12N2O. The number of benzene rings is 2. The molecule has 0 atom stereocenters. The van der Waals surface area contributed by atoms with Crippen molar-refractivity contribution in [2.24, 2.45) is 5.73 Å². The van der Waals surface area contributed by atoms with Gasteiger partial charge in [-0.1, -0.05) is 24.3 Å². The third-order valence-electron chi connectivity index (χ3n) is 2.57. The molecule has 0 aliphatic carbocycles. The lowest BCUT2D eigenvalue weighted by molar-refractivity contribution is 0.100. The van der Waals surface area contributed by atoms with Crippen LogP contribution in [0.3, 0.4) is 0 Å². The van der Waals surface area contributed by atoms with Gasteiger partial charge < -0.3 is 11.1 Å². The Morgan fingerprint density at radius 2 is 2.00 bits per heavy atom. The van der Waals surface area contributed by atoms with Crippen LogP contribution < -0.4 is 5.73 Å². The summed E-state index contributed by atoms with van der Waals surface area (Å²) in [6, 6.07) is 11.0. The van der Waals surface area contributed by atoms with Gasteiger partial charge in [0.25, 0.3) is 0 Å². The topological polar surface area (TPSA) is 66.9 Å². The van der Waals surface area contributed by atoms with Gasteiger partial charge in [0.15, 0.2) is 0 Å². The van der Waals surface area contributed by atoms with Crippen LogP contribution in [0.4, 0.5) is 0 Å². The summed E-state index contributed by atoms with van der Waals surface area (Å²) in [5.41, 5.74) is 7.11. The molecule has 1 amide bonds. The number of hydrogen-bond donors (Lipinski definition) is 2. The standard InChI is InChI=1S/C13H12N2O/c1-8(14)11-4-2-3-9-7-10(13(15)16)5-6-12(9)11/h2-7,14H,1H3,(H2,15,16). The van der Waals surface area contributed by atoms with E-state index in [1.807, 2.05) is 24.3 Å². The third kappa shape index (κ3) is 1.67. The van der Waals surface area contributed by atoms with Crippen LogP contribution in [-0.4, -0.2) is 11.6 Å². The molecule has 2 aromatic carbocycles. The Morgan fingerprint density at radius 3 is 2.62 bits per heavy atom. The summed E-state index contributed by atoms with van der Waals surface area (Å²) in [5, 5.41) is 9.57. The van der Waals surface area contributed by atoms with Gasteiger partial charge in [-0.05, 0) is 29.8 Å². The first kappa shape index (κ1) is 10.4. The Bertz CT molecular complexity index is 588. The van der Waals surface area contributed by atoms with Gasteiger partial charge in [0.1, 0.15) is 0 Å². The molecule has 0 radical (unpaired) electrons. The molecule has 0 aliphatic heterocycles. The van der Waals surface area contributed by atoms with Crippen LogP contribution in [0.2, 0.25) is 0 Å². The molecule has 3 N–H and O–H groups in total. The molecular weight excluding hydrogens is 200 g/mol. The fourth-order valence-corrected chi connectivity index (χ4v) is 1.76. The number of carbonyl (C=O) groups is 1. The van der Waals surface area contributed by atoms with E-state index in [0.717, 1.165) is 16.3 Å². The zero-order valence-corrected chi connectivity index (χ0v) is 8.95. The van der Waals surface area contributed by atoms with Gasteiger partial charge in [-0.15, -0.1) is 0 Å². The van der Waals surface area contributed by atoms with Gasteiger partial charge in [0, 0.05) is 16.8 Å². The summed E-state index contributed by atoms with van der Waals surface area (Å²) in [7, 11) is 0. The summed E-state index contributed by atoms with van der Waals surface area (Å²) in [4.78, 5) is 11.0. The van der Waals surface area contributed by atoms with E-state index < -0.39 is 5.91 Å². The Labute approximate surface area is 93.4 Å². The second-order valence-electron chi connectivity index (χ2n) is 3.73. The molecule has 80 valence electrons. The van der Waals surface area contributed by atoms with E-state index in [-0.39, 0.29) is 0 Å². The molecule has 0 aliphatic rings. The zero-order valence-electron chi connectivity index (χ0n) is 8.95. The highest BCUT2D eigenvalue weighted by atomic mass is 16.1. The van der Waals surface area contributed by atoms with Crippen molar-refractivity contribution in [2.45, 2.75) is 6.92 Å². The van der Waals surface area contributed by atoms with Crippen molar-refractivity contribution >= 4 is 22.4 Å². The van der Waals surface area contributed by atoms with Crippen molar-refractivity contribution in [3.8, 4) is 0 Å². The maximum atomic E-state index is 11.0. The molecule has 0 saturated carbocycles. The number of hydrogen-bond acceptors (Lipinski definition) is 2. The first-order valence-electron chi connectivity index (χ1n) is 4.97. The van der Waals surface area contributed by atoms with Crippen LogP contribution >= 0.6 is 0 Å². The molecule has 0 unspecified atom stereocenters. The van der Waals surface area contributed by atoms with Crippen molar-refractivity contribution in [2.75, 3.05) is 0 Å². The molecule has 0 fully saturated rings. The lowest BCUT2D eigenvalue weighted by atomic mass is 9.99. The Hall–Kier alpha value is -2.16. The first-order valence-corrected chi connectivity index (χ1v) is 4.97. The van der Waals surface area contributed by atoms with Crippen LogP contribution in [-0.2, 0) is 0 Å². The number of fused-ring (bicyclic) bond motifs is 1. The number of nitrogens with one attached hydrogen (secondary N) is 1. The normalized spacial score (nSPS) is 10.3. The van der Waals surface area contributed by atoms with Gasteiger partial charge in [0.05, 0.1) is 0 Å². The third-order valence-corrected chi connectivity index (χ3v) is 2.57. The van der Waals surface area contributed by atoms with Crippen LogP contribution in [0, 0.1) is 5.41 Å². The lowest BCUT2D eigenvalue weighted by Crippen LogP contribution is -2.10. The SMILES string of the molecule is CC(=N)c1cccc2cc(C(N)=O)ccc12. The largest absolute Gasteiger partial charge is 0.366 e. The van der Waals surface area contributed by atoms with E-state index in [9.17, 15) is 4.79 Å². The quantitative estimate of drug-likeness (QED) is 0.737. The Morgan fingerprint density at radius 1 is 1.25 bits per heavy atom. The molecule has 0 spiro atoms. The van der Waals surface area contributed by atoms with E-state index in [1.54, 1.807) is 19.1 Å². The Kier molecular flexibility index (Phi) is 2.44. The highest BCUT2D eigenvalue weighted by Gasteiger charge is 2.05. The highest BCUT2D eigenvalue weighted by molar-refractivity contribution is 6.09. The van der Waals surface area contributed by atoms with Gasteiger partial charge in [-0.25, -0.2) is 0 Å². The average molecular weight is 212 g/mol. The second-order valence-corrected chi connectivity index (χ2v) is 3.73. The number of nitrogens with two attached hydrogens (primary N) is 1. The molecule has 0 heterocycles. The van der Waals surface area contributed by atoms with Crippen LogP contribution in [0.25, 0.3) is 10.8 Å². The van der Waals surface area contributed by atoms with E-state index in [1.165, 1.54) is 0 Å². The van der Waals surface area contributed by atoms with Crippen molar-refractivity contribution in [3.63, 3.8) is 0 Å². The van der Waals surface area contributed by atoms with Crippen molar-refractivity contribution in [1.29, 1.82) is 5.41 Å². The maximum absolute atomic E-state index is 11.0. The van der Waals surface area contributed by atoms with Gasteiger partial charge in [-0.2, -0.15) is 0 Å². The van der Waals surface area contributed by atoms with Gasteiger partial charge >= 0.3 is 0 Å². The van der Waals surface area contributed by atoms with Crippen LogP contribution in [0.15, 0.2) is 36.4 Å². The fourth-order valence-electron chi connectivity index (χ4n) is 1.76. The predicted molar refractivity (Wildman–Crippen MR) is 65.0 cm³/mol. The van der Waals surface area contributed by atoms with E-state index in [0.29, 0.717) is 11.3 Å². The van der Waals surface area contributed by atoms with E-state index >= 15 is 0 Å². The van der Waals surface area contributed by atoms with Gasteiger partial charge in [0.2, 0.25) is 5.91 Å². The zero-order chi connectivity index (χ0) is 11.7. The van der Waals surface area contributed by atoms with E-state index in [4.69, 9.17) is 11.1 Å². The second kappa shape index (κ2) is 3.77. The molecule has 2 aromatic rings. The summed E-state index contributed by atoms with van der Waals surface area (Å²) >= 11 is 0. The average Bonchev–Trinajstić information content (AvgIpc) is 2.27. The minimum absolute atomic E-state index is 0.432. The predicted octanol–water partition coefficient (Wildman–Crippen LogP) is 2.33. The number of rotatable bonds is 2. The molecule has 2 rings (SSSR count). The lowest BCUT2D eigenvalue weighted by Gasteiger charge is -2.05. The minimum atomic E-state index is -0.432. The number of amides is 1. The fraction of sp³-hybridized carbons (Fsp3) is 0.0769. The van der Waals surface area contributed by atoms with Crippen molar-refractivity contribution < 1.29 is 4.79 Å². The molecule has 0 bridgehead atoms. The summed E-state index contributed by atoms with van der Waals surface area (Å²) in [6.45, 7) is 1.75. The molecule has 3 nitrogen and oxygen atoms in total. The smallest absolute Gasteiger partial charge is 0.248 e. The van der Waals surface area contributed by atoms with Gasteiger partial charge in [-0.3, -0.25) is 4.79 Å². The van der Waals surface area contributed by atoms with Crippen LogP contribution in [0.5, 0.6) is 0 Å².